The number of aromatic nitrogens is 1. The van der Waals surface area contributed by atoms with Crippen molar-refractivity contribution in [1.29, 1.82) is 0 Å². The zero-order valence-electron chi connectivity index (χ0n) is 10.0. The number of nitrogens with one attached hydrogen (secondary N) is 1. The van der Waals surface area contributed by atoms with E-state index >= 15 is 0 Å². The van der Waals surface area contributed by atoms with Gasteiger partial charge in [-0.25, -0.2) is 0 Å². The lowest BCUT2D eigenvalue weighted by molar-refractivity contribution is 0.166. The minimum absolute atomic E-state index is 0.701. The highest BCUT2D eigenvalue weighted by Gasteiger charge is 2.19. The topological polar surface area (TPSA) is 28.2 Å². The molecule has 0 amide bonds. The fraction of sp³-hybridized carbons (Fsp3) is 0.615. The summed E-state index contributed by atoms with van der Waals surface area (Å²) in [6.07, 6.45) is 6.38. The quantitative estimate of drug-likeness (QED) is 0.834. The van der Waals surface area contributed by atoms with Gasteiger partial charge in [-0.1, -0.05) is 6.92 Å². The average molecular weight is 219 g/mol. The lowest BCUT2D eigenvalue weighted by atomic mass is 10.1. The van der Waals surface area contributed by atoms with Crippen LogP contribution in [0.1, 0.15) is 25.3 Å². The largest absolute Gasteiger partial charge is 0.315 e. The Morgan fingerprint density at radius 2 is 2.25 bits per heavy atom. The van der Waals surface area contributed by atoms with E-state index in [1.807, 2.05) is 12.4 Å². The van der Waals surface area contributed by atoms with Crippen molar-refractivity contribution in [2.45, 2.75) is 32.4 Å². The van der Waals surface area contributed by atoms with Crippen LogP contribution < -0.4 is 5.32 Å². The molecule has 1 N–H and O–H groups in total. The number of pyridine rings is 1. The van der Waals surface area contributed by atoms with Crippen LogP contribution in [0.25, 0.3) is 0 Å². The van der Waals surface area contributed by atoms with E-state index in [9.17, 15) is 0 Å². The third-order valence-corrected chi connectivity index (χ3v) is 3.33. The van der Waals surface area contributed by atoms with E-state index in [-0.39, 0.29) is 0 Å². The zero-order chi connectivity index (χ0) is 11.2. The molecule has 0 bridgehead atoms. The molecule has 3 heteroatoms. The highest BCUT2D eigenvalue weighted by atomic mass is 15.2. The molecule has 1 aromatic rings. The van der Waals surface area contributed by atoms with Crippen LogP contribution in [0.4, 0.5) is 0 Å². The standard InChI is InChI=1S/C13H21N3/c1-2-16(13-4-3-7-15-10-13)11-12-5-8-14-9-6-12/h5-6,8-9,13,15H,2-4,7,10-11H2,1H3. The second kappa shape index (κ2) is 5.97. The summed E-state index contributed by atoms with van der Waals surface area (Å²) >= 11 is 0. The van der Waals surface area contributed by atoms with Crippen molar-refractivity contribution in [3.05, 3.63) is 30.1 Å². The van der Waals surface area contributed by atoms with Gasteiger partial charge < -0.3 is 5.32 Å². The minimum Gasteiger partial charge on any atom is -0.315 e. The summed E-state index contributed by atoms with van der Waals surface area (Å²) in [5, 5.41) is 3.48. The average Bonchev–Trinajstić information content (AvgIpc) is 2.38. The first kappa shape index (κ1) is 11.6. The molecule has 1 fully saturated rings. The van der Waals surface area contributed by atoms with Gasteiger partial charge in [-0.05, 0) is 43.6 Å². The summed E-state index contributed by atoms with van der Waals surface area (Å²) in [5.41, 5.74) is 1.36. The monoisotopic (exact) mass is 219 g/mol. The Labute approximate surface area is 97.9 Å². The lowest BCUT2D eigenvalue weighted by Gasteiger charge is -2.33. The summed E-state index contributed by atoms with van der Waals surface area (Å²) in [4.78, 5) is 6.62. The molecule has 0 aromatic carbocycles. The smallest absolute Gasteiger partial charge is 0.0271 e. The summed E-state index contributed by atoms with van der Waals surface area (Å²) in [6.45, 7) is 6.73. The zero-order valence-corrected chi connectivity index (χ0v) is 10.0. The van der Waals surface area contributed by atoms with E-state index in [1.165, 1.54) is 24.9 Å². The summed E-state index contributed by atoms with van der Waals surface area (Å²) in [7, 11) is 0. The van der Waals surface area contributed by atoms with Gasteiger partial charge in [-0.3, -0.25) is 9.88 Å². The van der Waals surface area contributed by atoms with Gasteiger partial charge in [0, 0.05) is 31.5 Å². The maximum Gasteiger partial charge on any atom is 0.0271 e. The number of likely N-dealkylation sites (N-methyl/N-ethyl adjacent to an activating group) is 1. The van der Waals surface area contributed by atoms with Gasteiger partial charge in [0.15, 0.2) is 0 Å². The summed E-state index contributed by atoms with van der Waals surface area (Å²) in [5.74, 6) is 0. The third kappa shape index (κ3) is 3.03. The molecule has 0 saturated carbocycles. The highest BCUT2D eigenvalue weighted by molar-refractivity contribution is 5.09. The van der Waals surface area contributed by atoms with Crippen LogP contribution in [-0.4, -0.2) is 35.6 Å². The normalized spacial score (nSPS) is 21.2. The second-order valence-corrected chi connectivity index (χ2v) is 4.42. The summed E-state index contributed by atoms with van der Waals surface area (Å²) in [6, 6.07) is 4.92. The van der Waals surface area contributed by atoms with E-state index in [0.717, 1.165) is 19.6 Å². The number of rotatable bonds is 4. The first-order chi connectivity index (χ1) is 7.90. The van der Waals surface area contributed by atoms with Crippen LogP contribution in [0.5, 0.6) is 0 Å². The van der Waals surface area contributed by atoms with E-state index in [1.54, 1.807) is 0 Å². The van der Waals surface area contributed by atoms with Crippen LogP contribution >= 0.6 is 0 Å². The van der Waals surface area contributed by atoms with Crippen molar-refractivity contribution in [3.8, 4) is 0 Å². The highest BCUT2D eigenvalue weighted by Crippen LogP contribution is 2.13. The van der Waals surface area contributed by atoms with E-state index < -0.39 is 0 Å². The molecule has 0 spiro atoms. The van der Waals surface area contributed by atoms with Gasteiger partial charge in [0.1, 0.15) is 0 Å². The Morgan fingerprint density at radius 3 is 2.88 bits per heavy atom. The van der Waals surface area contributed by atoms with Crippen molar-refractivity contribution in [1.82, 2.24) is 15.2 Å². The van der Waals surface area contributed by atoms with Gasteiger partial charge in [0.05, 0.1) is 0 Å². The van der Waals surface area contributed by atoms with Crippen molar-refractivity contribution in [2.75, 3.05) is 19.6 Å². The van der Waals surface area contributed by atoms with Crippen molar-refractivity contribution in [2.24, 2.45) is 0 Å². The molecule has 0 radical (unpaired) electrons. The van der Waals surface area contributed by atoms with Gasteiger partial charge in [0.25, 0.3) is 0 Å². The van der Waals surface area contributed by atoms with E-state index in [4.69, 9.17) is 0 Å². The molecule has 0 aliphatic carbocycles. The Morgan fingerprint density at radius 1 is 1.44 bits per heavy atom. The second-order valence-electron chi connectivity index (χ2n) is 4.42. The first-order valence-electron chi connectivity index (χ1n) is 6.24. The predicted molar refractivity (Wildman–Crippen MR) is 66.2 cm³/mol. The number of piperidine rings is 1. The molecular formula is C13H21N3. The molecule has 1 atom stereocenters. The molecular weight excluding hydrogens is 198 g/mol. The SMILES string of the molecule is CCN(Cc1ccncc1)C1CCCNC1. The Balaban J connectivity index is 1.94. The van der Waals surface area contributed by atoms with Crippen molar-refractivity contribution >= 4 is 0 Å². The molecule has 1 unspecified atom stereocenters. The van der Waals surface area contributed by atoms with Crippen molar-refractivity contribution < 1.29 is 0 Å². The van der Waals surface area contributed by atoms with Crippen LogP contribution in [0.3, 0.4) is 0 Å². The van der Waals surface area contributed by atoms with Gasteiger partial charge in [-0.2, -0.15) is 0 Å². The Hall–Kier alpha value is -0.930. The van der Waals surface area contributed by atoms with Crippen LogP contribution in [-0.2, 0) is 6.54 Å². The van der Waals surface area contributed by atoms with Crippen LogP contribution in [0.2, 0.25) is 0 Å². The van der Waals surface area contributed by atoms with Crippen LogP contribution in [0, 0.1) is 0 Å². The molecule has 2 rings (SSSR count). The Bertz CT molecular complexity index is 293. The third-order valence-electron chi connectivity index (χ3n) is 3.33. The molecule has 1 aliphatic heterocycles. The van der Waals surface area contributed by atoms with E-state index in [2.05, 4.69) is 34.3 Å². The van der Waals surface area contributed by atoms with Crippen molar-refractivity contribution in [3.63, 3.8) is 0 Å². The van der Waals surface area contributed by atoms with E-state index in [0.29, 0.717) is 6.04 Å². The lowest BCUT2D eigenvalue weighted by Crippen LogP contribution is -2.45. The molecule has 16 heavy (non-hydrogen) atoms. The molecule has 88 valence electrons. The van der Waals surface area contributed by atoms with Gasteiger partial charge >= 0.3 is 0 Å². The Kier molecular flexibility index (Phi) is 4.31. The maximum absolute atomic E-state index is 4.06. The molecule has 1 aromatic heterocycles. The molecule has 1 saturated heterocycles. The minimum atomic E-state index is 0.701. The number of hydrogen-bond acceptors (Lipinski definition) is 3. The molecule has 2 heterocycles. The number of nitrogens with zero attached hydrogens (tertiary/aromatic N) is 2. The fourth-order valence-electron chi connectivity index (χ4n) is 2.37. The first-order valence-corrected chi connectivity index (χ1v) is 6.24. The number of hydrogen-bond donors (Lipinski definition) is 1. The molecule has 3 nitrogen and oxygen atoms in total. The maximum atomic E-state index is 4.06. The van der Waals surface area contributed by atoms with Crippen LogP contribution in [0.15, 0.2) is 24.5 Å². The molecule has 1 aliphatic rings. The fourth-order valence-corrected chi connectivity index (χ4v) is 2.37. The predicted octanol–water partition coefficient (Wildman–Crippen LogP) is 1.66. The van der Waals surface area contributed by atoms with Gasteiger partial charge in [-0.15, -0.1) is 0 Å². The summed E-state index contributed by atoms with van der Waals surface area (Å²) < 4.78 is 0. The van der Waals surface area contributed by atoms with Gasteiger partial charge in [0.2, 0.25) is 0 Å².